The zero-order valence-electron chi connectivity index (χ0n) is 15.3. The van der Waals surface area contributed by atoms with E-state index in [4.69, 9.17) is 0 Å². The minimum Gasteiger partial charge on any atom is -0.346 e. The zero-order valence-corrected chi connectivity index (χ0v) is 16.1. The largest absolute Gasteiger partial charge is 0.346 e. The lowest BCUT2D eigenvalue weighted by Crippen LogP contribution is -2.26. The van der Waals surface area contributed by atoms with Gasteiger partial charge in [-0.15, -0.1) is 0 Å². The molecule has 5 nitrogen and oxygen atoms in total. The van der Waals surface area contributed by atoms with Crippen molar-refractivity contribution in [1.82, 2.24) is 5.32 Å². The summed E-state index contributed by atoms with van der Waals surface area (Å²) in [7, 11) is -3.34. The molecule has 1 amide bonds. The summed E-state index contributed by atoms with van der Waals surface area (Å²) in [6.45, 7) is 3.75. The SMILES string of the molecule is Cc1cc(C(=O)N[C@@H](C)c2ccc3c(c2)CCC3)ccc1NS(C)(=O)=O. The van der Waals surface area contributed by atoms with Crippen LogP contribution in [0.25, 0.3) is 0 Å². The van der Waals surface area contributed by atoms with E-state index in [1.165, 1.54) is 17.5 Å². The predicted octanol–water partition coefficient (Wildman–Crippen LogP) is 3.35. The first-order valence-corrected chi connectivity index (χ1v) is 10.6. The number of nitrogens with one attached hydrogen (secondary N) is 2. The van der Waals surface area contributed by atoms with Gasteiger partial charge in [0.15, 0.2) is 0 Å². The number of aryl methyl sites for hydroxylation is 3. The van der Waals surface area contributed by atoms with Crippen molar-refractivity contribution in [2.45, 2.75) is 39.2 Å². The second kappa shape index (κ2) is 7.11. The molecular formula is C20H24N2O3S. The molecule has 0 spiro atoms. The Hall–Kier alpha value is -2.34. The second-order valence-corrected chi connectivity index (χ2v) is 8.73. The van der Waals surface area contributed by atoms with Crippen molar-refractivity contribution in [1.29, 1.82) is 0 Å². The third kappa shape index (κ3) is 4.25. The van der Waals surface area contributed by atoms with Gasteiger partial charge in [-0.25, -0.2) is 8.42 Å². The van der Waals surface area contributed by atoms with E-state index in [1.807, 2.05) is 6.92 Å². The molecule has 0 aromatic heterocycles. The molecule has 0 saturated heterocycles. The van der Waals surface area contributed by atoms with Crippen LogP contribution in [-0.4, -0.2) is 20.6 Å². The Morgan fingerprint density at radius 2 is 1.81 bits per heavy atom. The molecule has 0 aliphatic heterocycles. The Labute approximate surface area is 154 Å². The van der Waals surface area contributed by atoms with Crippen LogP contribution in [0, 0.1) is 6.92 Å². The van der Waals surface area contributed by atoms with Crippen molar-refractivity contribution in [3.05, 3.63) is 64.2 Å². The molecule has 2 N–H and O–H groups in total. The molecular weight excluding hydrogens is 348 g/mol. The Morgan fingerprint density at radius 1 is 1.08 bits per heavy atom. The molecule has 0 unspecified atom stereocenters. The van der Waals surface area contributed by atoms with Crippen LogP contribution in [0.4, 0.5) is 5.69 Å². The number of amides is 1. The molecule has 2 aromatic rings. The molecule has 0 radical (unpaired) electrons. The summed E-state index contributed by atoms with van der Waals surface area (Å²) >= 11 is 0. The highest BCUT2D eigenvalue weighted by molar-refractivity contribution is 7.92. The Morgan fingerprint density at radius 3 is 2.50 bits per heavy atom. The first-order valence-electron chi connectivity index (χ1n) is 8.74. The minimum absolute atomic E-state index is 0.0949. The molecule has 1 atom stereocenters. The van der Waals surface area contributed by atoms with Gasteiger partial charge in [0.25, 0.3) is 5.91 Å². The Balaban J connectivity index is 1.72. The van der Waals surface area contributed by atoms with Gasteiger partial charge in [0, 0.05) is 5.56 Å². The van der Waals surface area contributed by atoms with E-state index in [-0.39, 0.29) is 11.9 Å². The van der Waals surface area contributed by atoms with Crippen molar-refractivity contribution in [2.75, 3.05) is 11.0 Å². The van der Waals surface area contributed by atoms with Crippen LogP contribution in [0.15, 0.2) is 36.4 Å². The van der Waals surface area contributed by atoms with Gasteiger partial charge < -0.3 is 5.32 Å². The minimum atomic E-state index is -3.34. The number of anilines is 1. The van der Waals surface area contributed by atoms with Gasteiger partial charge in [-0.1, -0.05) is 18.2 Å². The van der Waals surface area contributed by atoms with E-state index in [9.17, 15) is 13.2 Å². The third-order valence-electron chi connectivity index (χ3n) is 4.75. The molecule has 1 aliphatic carbocycles. The van der Waals surface area contributed by atoms with Crippen molar-refractivity contribution in [3.63, 3.8) is 0 Å². The van der Waals surface area contributed by atoms with Crippen LogP contribution in [0.3, 0.4) is 0 Å². The quantitative estimate of drug-likeness (QED) is 0.845. The molecule has 0 bridgehead atoms. The van der Waals surface area contributed by atoms with E-state index in [0.717, 1.165) is 24.7 Å². The number of benzene rings is 2. The monoisotopic (exact) mass is 372 g/mol. The maximum atomic E-state index is 12.6. The highest BCUT2D eigenvalue weighted by atomic mass is 32.2. The average Bonchev–Trinajstić information content (AvgIpc) is 3.03. The van der Waals surface area contributed by atoms with Crippen LogP contribution in [0.1, 0.15) is 52.0 Å². The summed E-state index contributed by atoms with van der Waals surface area (Å²) in [6.07, 6.45) is 4.55. The van der Waals surface area contributed by atoms with E-state index in [1.54, 1.807) is 25.1 Å². The predicted molar refractivity (Wildman–Crippen MR) is 104 cm³/mol. The fourth-order valence-electron chi connectivity index (χ4n) is 3.34. The molecule has 26 heavy (non-hydrogen) atoms. The Bertz CT molecular complexity index is 952. The average molecular weight is 372 g/mol. The van der Waals surface area contributed by atoms with Gasteiger partial charge >= 0.3 is 0 Å². The lowest BCUT2D eigenvalue weighted by Gasteiger charge is -2.16. The first kappa shape index (κ1) is 18.5. The highest BCUT2D eigenvalue weighted by Crippen LogP contribution is 2.25. The number of carbonyl (C=O) groups excluding carboxylic acids is 1. The number of fused-ring (bicyclic) bond motifs is 1. The van der Waals surface area contributed by atoms with Gasteiger partial charge in [0.1, 0.15) is 0 Å². The maximum absolute atomic E-state index is 12.6. The number of hydrogen-bond donors (Lipinski definition) is 2. The lowest BCUT2D eigenvalue weighted by atomic mass is 10.0. The summed E-state index contributed by atoms with van der Waals surface area (Å²) < 4.78 is 25.2. The van der Waals surface area contributed by atoms with Crippen LogP contribution in [0.5, 0.6) is 0 Å². The Kier molecular flexibility index (Phi) is 5.05. The standard InChI is InChI=1S/C20H24N2O3S/c1-13-11-18(9-10-19(13)22-26(3,24)25)20(23)21-14(2)16-8-7-15-5-4-6-17(15)12-16/h7-12,14,22H,4-6H2,1-3H3,(H,21,23)/t14-/m0/s1. The van der Waals surface area contributed by atoms with E-state index in [2.05, 4.69) is 28.2 Å². The van der Waals surface area contributed by atoms with Crippen LogP contribution in [0.2, 0.25) is 0 Å². The van der Waals surface area contributed by atoms with Crippen molar-refractivity contribution < 1.29 is 13.2 Å². The van der Waals surface area contributed by atoms with E-state index >= 15 is 0 Å². The summed E-state index contributed by atoms with van der Waals surface area (Å²) in [5, 5.41) is 3.02. The second-order valence-electron chi connectivity index (χ2n) is 6.98. The third-order valence-corrected chi connectivity index (χ3v) is 5.34. The van der Waals surface area contributed by atoms with Crippen molar-refractivity contribution in [2.24, 2.45) is 0 Å². The first-order chi connectivity index (χ1) is 12.2. The highest BCUT2D eigenvalue weighted by Gasteiger charge is 2.16. The maximum Gasteiger partial charge on any atom is 0.251 e. The fraction of sp³-hybridized carbons (Fsp3) is 0.350. The van der Waals surface area contributed by atoms with Crippen molar-refractivity contribution in [3.8, 4) is 0 Å². The van der Waals surface area contributed by atoms with Gasteiger partial charge in [-0.2, -0.15) is 0 Å². The number of carbonyl (C=O) groups is 1. The molecule has 1 aliphatic rings. The van der Waals surface area contributed by atoms with E-state index in [0.29, 0.717) is 16.8 Å². The van der Waals surface area contributed by atoms with Crippen LogP contribution >= 0.6 is 0 Å². The normalized spacial score (nSPS) is 14.6. The lowest BCUT2D eigenvalue weighted by molar-refractivity contribution is 0.0940. The molecule has 0 saturated carbocycles. The molecule has 6 heteroatoms. The van der Waals surface area contributed by atoms with Gasteiger partial charge in [0.2, 0.25) is 10.0 Å². The van der Waals surface area contributed by atoms with Gasteiger partial charge in [0.05, 0.1) is 18.0 Å². The smallest absolute Gasteiger partial charge is 0.251 e. The zero-order chi connectivity index (χ0) is 18.9. The molecule has 0 heterocycles. The topological polar surface area (TPSA) is 75.3 Å². The number of hydrogen-bond acceptors (Lipinski definition) is 3. The van der Waals surface area contributed by atoms with E-state index < -0.39 is 10.0 Å². The number of sulfonamides is 1. The van der Waals surface area contributed by atoms with Crippen LogP contribution in [-0.2, 0) is 22.9 Å². The van der Waals surface area contributed by atoms with Gasteiger partial charge in [-0.3, -0.25) is 9.52 Å². The summed E-state index contributed by atoms with van der Waals surface area (Å²) in [5.41, 5.74) is 5.59. The van der Waals surface area contributed by atoms with Gasteiger partial charge in [-0.05, 0) is 73.6 Å². The van der Waals surface area contributed by atoms with Crippen LogP contribution < -0.4 is 10.0 Å². The summed E-state index contributed by atoms with van der Waals surface area (Å²) in [4.78, 5) is 12.6. The summed E-state index contributed by atoms with van der Waals surface area (Å²) in [5.74, 6) is -0.174. The van der Waals surface area contributed by atoms with Crippen molar-refractivity contribution >= 4 is 21.6 Å². The summed E-state index contributed by atoms with van der Waals surface area (Å²) in [6, 6.07) is 11.3. The molecule has 3 rings (SSSR count). The molecule has 138 valence electrons. The number of rotatable bonds is 5. The molecule has 2 aromatic carbocycles. The fourth-order valence-corrected chi connectivity index (χ4v) is 3.97. The molecule has 0 fully saturated rings.